The van der Waals surface area contributed by atoms with Crippen LogP contribution in [0.4, 0.5) is 0 Å². The van der Waals surface area contributed by atoms with Crippen LogP contribution >= 0.6 is 7.14 Å². The molecule has 0 amide bonds. The SMILES string of the molecule is O=P(c1ccccc1)(c1ccccc1)c1ccc(-c2cc(C(=C(c3ccccc3)c3ccccc3)c3ccccc3)ccc2-c2ccc(C(=C(c3ccccc3)c3ccccc3)c3ccccc3)cc2)cc1. The predicted octanol–water partition coefficient (Wildman–Crippen LogP) is 16.7. The van der Waals surface area contributed by atoms with Crippen LogP contribution in [0.3, 0.4) is 0 Å². The lowest BCUT2D eigenvalue weighted by Crippen LogP contribution is -2.24. The van der Waals surface area contributed by atoms with E-state index in [0.29, 0.717) is 0 Å². The summed E-state index contributed by atoms with van der Waals surface area (Å²) in [6.45, 7) is 0. The van der Waals surface area contributed by atoms with Crippen LogP contribution in [0, 0.1) is 0 Å². The third kappa shape index (κ3) is 9.30. The maximum Gasteiger partial charge on any atom is 0.171 e. The molecular formula is C70H51OP. The Kier molecular flexibility index (Phi) is 13.3. The maximum atomic E-state index is 15.6. The normalized spacial score (nSPS) is 11.1. The Morgan fingerprint density at radius 3 is 0.778 bits per heavy atom. The van der Waals surface area contributed by atoms with Gasteiger partial charge in [-0.1, -0.05) is 303 Å². The Morgan fingerprint density at radius 1 is 0.208 bits per heavy atom. The molecule has 0 spiro atoms. The average Bonchev–Trinajstić information content (AvgIpc) is 3.47. The number of hydrogen-bond donors (Lipinski definition) is 0. The summed E-state index contributed by atoms with van der Waals surface area (Å²) in [5.41, 5.74) is 18.0. The van der Waals surface area contributed by atoms with E-state index in [9.17, 15) is 0 Å². The quantitative estimate of drug-likeness (QED) is 0.0832. The molecular weight excluding hydrogens is 888 g/mol. The van der Waals surface area contributed by atoms with Gasteiger partial charge < -0.3 is 4.57 Å². The molecule has 0 radical (unpaired) electrons. The first-order valence-electron chi connectivity index (χ1n) is 24.5. The van der Waals surface area contributed by atoms with Crippen molar-refractivity contribution in [3.05, 3.63) is 354 Å². The van der Waals surface area contributed by atoms with Gasteiger partial charge in [-0.3, -0.25) is 0 Å². The minimum atomic E-state index is -3.21. The summed E-state index contributed by atoms with van der Waals surface area (Å²) in [5.74, 6) is 0. The number of hydrogen-bond acceptors (Lipinski definition) is 1. The Morgan fingerprint density at radius 2 is 0.444 bits per heavy atom. The molecule has 11 aromatic carbocycles. The zero-order chi connectivity index (χ0) is 48.5. The Labute approximate surface area is 423 Å². The van der Waals surface area contributed by atoms with Crippen molar-refractivity contribution in [3.63, 3.8) is 0 Å². The van der Waals surface area contributed by atoms with Gasteiger partial charge in [0.15, 0.2) is 7.14 Å². The number of rotatable bonds is 13. The third-order valence-electron chi connectivity index (χ3n) is 13.4. The minimum absolute atomic E-state index is 0.791. The van der Waals surface area contributed by atoms with Crippen LogP contribution in [0.15, 0.2) is 309 Å². The molecule has 1 nitrogen and oxygen atoms in total. The summed E-state index contributed by atoms with van der Waals surface area (Å²) in [5, 5.41) is 2.41. The van der Waals surface area contributed by atoms with Crippen LogP contribution in [-0.4, -0.2) is 0 Å². The first kappa shape index (κ1) is 45.6. The second-order valence-corrected chi connectivity index (χ2v) is 20.6. The van der Waals surface area contributed by atoms with Gasteiger partial charge in [0.1, 0.15) is 0 Å². The highest BCUT2D eigenvalue weighted by Crippen LogP contribution is 2.45. The van der Waals surface area contributed by atoms with Crippen LogP contribution < -0.4 is 15.9 Å². The van der Waals surface area contributed by atoms with E-state index in [1.54, 1.807) is 0 Å². The third-order valence-corrected chi connectivity index (χ3v) is 16.5. The zero-order valence-electron chi connectivity index (χ0n) is 39.8. The van der Waals surface area contributed by atoms with E-state index in [4.69, 9.17) is 0 Å². The Bertz CT molecular complexity index is 3540. The van der Waals surface area contributed by atoms with Crippen molar-refractivity contribution in [2.75, 3.05) is 0 Å². The summed E-state index contributed by atoms with van der Waals surface area (Å²) < 4.78 is 15.6. The summed E-state index contributed by atoms with van der Waals surface area (Å²) in [4.78, 5) is 0. The van der Waals surface area contributed by atoms with Gasteiger partial charge in [0.2, 0.25) is 0 Å². The second-order valence-electron chi connectivity index (χ2n) is 17.9. The van der Waals surface area contributed by atoms with Crippen LogP contribution in [0.25, 0.3) is 44.5 Å². The highest BCUT2D eigenvalue weighted by atomic mass is 31.2. The lowest BCUT2D eigenvalue weighted by atomic mass is 9.83. The molecule has 0 saturated heterocycles. The first-order valence-corrected chi connectivity index (χ1v) is 26.2. The van der Waals surface area contributed by atoms with Gasteiger partial charge in [-0.2, -0.15) is 0 Å². The van der Waals surface area contributed by atoms with Gasteiger partial charge in [0, 0.05) is 15.9 Å². The van der Waals surface area contributed by atoms with Crippen LogP contribution in [0.2, 0.25) is 0 Å². The lowest BCUT2D eigenvalue weighted by Gasteiger charge is -2.22. The first-order chi connectivity index (χ1) is 35.6. The molecule has 342 valence electrons. The number of benzene rings is 11. The van der Waals surface area contributed by atoms with Gasteiger partial charge in [-0.15, -0.1) is 0 Å². The zero-order valence-corrected chi connectivity index (χ0v) is 40.7. The van der Waals surface area contributed by atoms with E-state index >= 15 is 4.57 Å². The van der Waals surface area contributed by atoms with Crippen molar-refractivity contribution in [2.24, 2.45) is 0 Å². The smallest absolute Gasteiger partial charge is 0.171 e. The average molecular weight is 939 g/mol. The van der Waals surface area contributed by atoms with E-state index in [1.165, 1.54) is 11.1 Å². The van der Waals surface area contributed by atoms with Crippen molar-refractivity contribution in [1.29, 1.82) is 0 Å². The van der Waals surface area contributed by atoms with Gasteiger partial charge >= 0.3 is 0 Å². The molecule has 0 aliphatic heterocycles. The Balaban J connectivity index is 1.13. The molecule has 0 heterocycles. The molecule has 0 atom stereocenters. The van der Waals surface area contributed by atoms with Crippen LogP contribution in [-0.2, 0) is 4.57 Å². The standard InChI is InChI=1S/C70H51OP/c71-72(62-37-21-7-22-38-62,63-39-23-8-24-40-63)64-48-45-53(46-49-64)66-51-61(70(59-35-19-6-20-36-59)68(56-29-13-3-14-30-56)57-31-15-4-16-32-57)47-50-65(66)52-41-43-60(44-42-52)69(58-33-17-5-18-34-58)67(54-25-9-1-10-26-54)55-27-11-2-12-28-55/h1-51H. The van der Waals surface area contributed by atoms with Crippen molar-refractivity contribution < 1.29 is 4.57 Å². The van der Waals surface area contributed by atoms with E-state index < -0.39 is 7.14 Å². The van der Waals surface area contributed by atoms with Crippen molar-refractivity contribution in [1.82, 2.24) is 0 Å². The van der Waals surface area contributed by atoms with Crippen LogP contribution in [0.1, 0.15) is 44.5 Å². The molecule has 0 aromatic heterocycles. The van der Waals surface area contributed by atoms with Gasteiger partial charge in [0.25, 0.3) is 0 Å². The van der Waals surface area contributed by atoms with Crippen LogP contribution in [0.5, 0.6) is 0 Å². The summed E-state index contributed by atoms with van der Waals surface area (Å²) in [6.07, 6.45) is 0. The molecule has 11 aromatic rings. The predicted molar refractivity (Wildman–Crippen MR) is 305 cm³/mol. The molecule has 0 aliphatic rings. The fraction of sp³-hybridized carbons (Fsp3) is 0. The van der Waals surface area contributed by atoms with Crippen molar-refractivity contribution in [3.8, 4) is 22.3 Å². The second kappa shape index (κ2) is 21.0. The molecule has 0 aliphatic carbocycles. The van der Waals surface area contributed by atoms with Gasteiger partial charge in [0.05, 0.1) is 0 Å². The summed E-state index contributed by atoms with van der Waals surface area (Å²) in [6, 6.07) is 109. The monoisotopic (exact) mass is 938 g/mol. The molecule has 0 N–H and O–H groups in total. The fourth-order valence-electron chi connectivity index (χ4n) is 10.0. The highest BCUT2D eigenvalue weighted by molar-refractivity contribution is 7.85. The molecule has 2 heteroatoms. The maximum absolute atomic E-state index is 15.6. The molecule has 0 fully saturated rings. The fourth-order valence-corrected chi connectivity index (χ4v) is 12.7. The topological polar surface area (TPSA) is 17.1 Å². The molecule has 0 saturated carbocycles. The lowest BCUT2D eigenvalue weighted by molar-refractivity contribution is 0.592. The molecule has 0 bridgehead atoms. The van der Waals surface area contributed by atoms with E-state index in [1.807, 2.05) is 60.7 Å². The van der Waals surface area contributed by atoms with Gasteiger partial charge in [-0.05, 0) is 95.1 Å². The summed E-state index contributed by atoms with van der Waals surface area (Å²) in [7, 11) is -3.21. The molecule has 11 rings (SSSR count). The molecule has 72 heavy (non-hydrogen) atoms. The van der Waals surface area contributed by atoms with E-state index in [2.05, 4.69) is 249 Å². The van der Waals surface area contributed by atoms with Crippen molar-refractivity contribution >= 4 is 45.3 Å². The minimum Gasteiger partial charge on any atom is -0.309 e. The van der Waals surface area contributed by atoms with E-state index in [0.717, 1.165) is 93.8 Å². The Hall–Kier alpha value is -8.87. The van der Waals surface area contributed by atoms with E-state index in [-0.39, 0.29) is 0 Å². The van der Waals surface area contributed by atoms with Crippen molar-refractivity contribution in [2.45, 2.75) is 0 Å². The largest absolute Gasteiger partial charge is 0.309 e. The molecule has 0 unspecified atom stereocenters. The summed E-state index contributed by atoms with van der Waals surface area (Å²) >= 11 is 0. The van der Waals surface area contributed by atoms with Gasteiger partial charge in [-0.25, -0.2) is 0 Å². The highest BCUT2D eigenvalue weighted by Gasteiger charge is 2.30.